The van der Waals surface area contributed by atoms with Gasteiger partial charge in [-0.05, 0) is 43.5 Å². The van der Waals surface area contributed by atoms with E-state index < -0.39 is 6.10 Å². The molecule has 4 rings (SSSR count). The van der Waals surface area contributed by atoms with Crippen molar-refractivity contribution in [3.05, 3.63) is 65.7 Å². The minimum atomic E-state index is -0.484. The van der Waals surface area contributed by atoms with Crippen LogP contribution in [0.2, 0.25) is 0 Å². The molecule has 1 N–H and O–H groups in total. The predicted octanol–water partition coefficient (Wildman–Crippen LogP) is 1.93. The molecule has 0 aliphatic carbocycles. The normalized spacial score (nSPS) is 17.6. The van der Waals surface area contributed by atoms with Crippen molar-refractivity contribution in [2.24, 2.45) is 0 Å². The SMILES string of the molecule is CCN(CC)C(=O)CO[C@@H]1CN(CCc2ccccc2)C(=O)CN(C(=O)Cc2ccc(N3CCNC3=O)cc2)C1. The molecule has 0 aromatic heterocycles. The number of amides is 5. The molecule has 214 valence electrons. The topological polar surface area (TPSA) is 102 Å². The van der Waals surface area contributed by atoms with Crippen LogP contribution in [-0.4, -0.2) is 104 Å². The standard InChI is InChI=1S/C30H39N5O5/c1-3-32(4-2)29(38)22-40-26-19-33(16-14-23-8-6-5-7-9-23)28(37)21-34(20-26)27(36)18-24-10-12-25(13-11-24)35-17-15-31-30(35)39/h5-13,26H,3-4,14-22H2,1-2H3,(H,31,39)/t26-/m1/s1. The van der Waals surface area contributed by atoms with E-state index in [-0.39, 0.29) is 49.9 Å². The monoisotopic (exact) mass is 549 g/mol. The molecule has 0 radical (unpaired) electrons. The van der Waals surface area contributed by atoms with E-state index in [1.807, 2.05) is 68.4 Å². The van der Waals surface area contributed by atoms with Gasteiger partial charge in [0.05, 0.1) is 19.1 Å². The molecule has 10 nitrogen and oxygen atoms in total. The first-order valence-corrected chi connectivity index (χ1v) is 14.0. The van der Waals surface area contributed by atoms with Gasteiger partial charge in [-0.3, -0.25) is 19.3 Å². The number of hydrogen-bond donors (Lipinski definition) is 1. The first-order valence-electron chi connectivity index (χ1n) is 14.0. The number of urea groups is 1. The molecule has 2 aromatic carbocycles. The van der Waals surface area contributed by atoms with Gasteiger partial charge in [-0.2, -0.15) is 0 Å². The third-order valence-electron chi connectivity index (χ3n) is 7.41. The number of nitrogens with one attached hydrogen (secondary N) is 1. The number of nitrogens with zero attached hydrogens (tertiary/aromatic N) is 4. The summed E-state index contributed by atoms with van der Waals surface area (Å²) in [5, 5.41) is 2.78. The molecule has 2 aliphatic heterocycles. The number of hydrogen-bond acceptors (Lipinski definition) is 5. The molecule has 40 heavy (non-hydrogen) atoms. The summed E-state index contributed by atoms with van der Waals surface area (Å²) in [4.78, 5) is 57.8. The predicted molar refractivity (Wildman–Crippen MR) is 152 cm³/mol. The third kappa shape index (κ3) is 7.59. The lowest BCUT2D eigenvalue weighted by atomic mass is 10.1. The molecule has 1 atom stereocenters. The molecule has 2 aromatic rings. The van der Waals surface area contributed by atoms with Gasteiger partial charge in [0.25, 0.3) is 0 Å². The van der Waals surface area contributed by atoms with Crippen molar-refractivity contribution in [2.75, 3.05) is 63.9 Å². The lowest BCUT2D eigenvalue weighted by Crippen LogP contribution is -2.42. The van der Waals surface area contributed by atoms with Crippen LogP contribution in [0, 0.1) is 0 Å². The van der Waals surface area contributed by atoms with Gasteiger partial charge in [-0.15, -0.1) is 0 Å². The zero-order chi connectivity index (χ0) is 28.5. The summed E-state index contributed by atoms with van der Waals surface area (Å²) in [5.41, 5.74) is 2.69. The molecule has 2 aliphatic rings. The highest BCUT2D eigenvalue weighted by molar-refractivity contribution is 5.94. The Labute approximate surface area is 235 Å². The number of rotatable bonds is 11. The van der Waals surface area contributed by atoms with Crippen molar-refractivity contribution >= 4 is 29.4 Å². The molecule has 2 heterocycles. The summed E-state index contributed by atoms with van der Waals surface area (Å²) in [6.07, 6.45) is 0.323. The van der Waals surface area contributed by atoms with Crippen LogP contribution in [0.1, 0.15) is 25.0 Å². The zero-order valence-corrected chi connectivity index (χ0v) is 23.4. The van der Waals surface area contributed by atoms with Crippen LogP contribution in [0.25, 0.3) is 0 Å². The Morgan fingerprint density at radius 2 is 1.70 bits per heavy atom. The summed E-state index contributed by atoms with van der Waals surface area (Å²) in [6.45, 7) is 7.14. The van der Waals surface area contributed by atoms with Crippen LogP contribution in [-0.2, 0) is 32.0 Å². The maximum absolute atomic E-state index is 13.4. The van der Waals surface area contributed by atoms with Crippen molar-refractivity contribution in [3.8, 4) is 0 Å². The van der Waals surface area contributed by atoms with Crippen LogP contribution >= 0.6 is 0 Å². The van der Waals surface area contributed by atoms with Gasteiger partial charge in [-0.25, -0.2) is 4.79 Å². The minimum Gasteiger partial charge on any atom is -0.365 e. The summed E-state index contributed by atoms with van der Waals surface area (Å²) >= 11 is 0. The summed E-state index contributed by atoms with van der Waals surface area (Å²) in [5.74, 6) is -0.435. The van der Waals surface area contributed by atoms with E-state index in [4.69, 9.17) is 4.74 Å². The Morgan fingerprint density at radius 3 is 2.35 bits per heavy atom. The summed E-state index contributed by atoms with van der Waals surface area (Å²) < 4.78 is 6.03. The van der Waals surface area contributed by atoms with Crippen molar-refractivity contribution in [3.63, 3.8) is 0 Å². The van der Waals surface area contributed by atoms with E-state index in [1.54, 1.807) is 19.6 Å². The van der Waals surface area contributed by atoms with Crippen molar-refractivity contribution < 1.29 is 23.9 Å². The Kier molecular flexibility index (Phi) is 10.1. The van der Waals surface area contributed by atoms with Gasteiger partial charge < -0.3 is 24.8 Å². The van der Waals surface area contributed by atoms with Gasteiger partial charge in [0.2, 0.25) is 17.7 Å². The minimum absolute atomic E-state index is 0.0382. The fraction of sp³-hybridized carbons (Fsp3) is 0.467. The molecule has 2 fully saturated rings. The molecule has 10 heteroatoms. The molecule has 0 saturated carbocycles. The van der Waals surface area contributed by atoms with Gasteiger partial charge >= 0.3 is 6.03 Å². The highest BCUT2D eigenvalue weighted by Crippen LogP contribution is 2.19. The average molecular weight is 550 g/mol. The van der Waals surface area contributed by atoms with Crippen molar-refractivity contribution in [1.29, 1.82) is 0 Å². The lowest BCUT2D eigenvalue weighted by Gasteiger charge is -2.26. The van der Waals surface area contributed by atoms with Gasteiger partial charge in [-0.1, -0.05) is 42.5 Å². The number of carbonyl (C=O) groups excluding carboxylic acids is 4. The van der Waals surface area contributed by atoms with Gasteiger partial charge in [0.1, 0.15) is 6.61 Å². The maximum Gasteiger partial charge on any atom is 0.321 e. The van der Waals surface area contributed by atoms with Crippen LogP contribution in [0.15, 0.2) is 54.6 Å². The van der Waals surface area contributed by atoms with E-state index in [2.05, 4.69) is 5.32 Å². The maximum atomic E-state index is 13.4. The second kappa shape index (κ2) is 13.9. The van der Waals surface area contributed by atoms with Crippen molar-refractivity contribution in [2.45, 2.75) is 32.8 Å². The number of ether oxygens (including phenoxy) is 1. The third-order valence-corrected chi connectivity index (χ3v) is 7.41. The average Bonchev–Trinajstić information content (AvgIpc) is 3.32. The number of anilines is 1. The molecular formula is C30H39N5O5. The van der Waals surface area contributed by atoms with Crippen LogP contribution in [0.5, 0.6) is 0 Å². The highest BCUT2D eigenvalue weighted by atomic mass is 16.5. The first-order chi connectivity index (χ1) is 19.4. The van der Waals surface area contributed by atoms with Crippen molar-refractivity contribution in [1.82, 2.24) is 20.0 Å². The Bertz CT molecular complexity index is 1170. The smallest absolute Gasteiger partial charge is 0.321 e. The second-order valence-electron chi connectivity index (χ2n) is 10.1. The fourth-order valence-corrected chi connectivity index (χ4v) is 5.05. The molecule has 2 saturated heterocycles. The molecule has 5 amide bonds. The second-order valence-corrected chi connectivity index (χ2v) is 10.1. The van der Waals surface area contributed by atoms with Crippen LogP contribution in [0.4, 0.5) is 10.5 Å². The number of benzene rings is 2. The lowest BCUT2D eigenvalue weighted by molar-refractivity contribution is -0.139. The summed E-state index contributed by atoms with van der Waals surface area (Å²) in [7, 11) is 0. The Morgan fingerprint density at radius 1 is 0.975 bits per heavy atom. The Hall–Kier alpha value is -3.92. The highest BCUT2D eigenvalue weighted by Gasteiger charge is 2.31. The molecule has 0 spiro atoms. The quantitative estimate of drug-likeness (QED) is 0.462. The zero-order valence-electron chi connectivity index (χ0n) is 23.4. The van der Waals surface area contributed by atoms with Crippen LogP contribution in [0.3, 0.4) is 0 Å². The summed E-state index contributed by atoms with van der Waals surface area (Å²) in [6, 6.07) is 17.1. The molecule has 0 unspecified atom stereocenters. The number of carbonyl (C=O) groups is 4. The van der Waals surface area contributed by atoms with Gasteiger partial charge in [0.15, 0.2) is 0 Å². The van der Waals surface area contributed by atoms with E-state index in [0.29, 0.717) is 45.7 Å². The van der Waals surface area contributed by atoms with E-state index in [1.165, 1.54) is 0 Å². The molecule has 0 bridgehead atoms. The fourth-order valence-electron chi connectivity index (χ4n) is 5.05. The Balaban J connectivity index is 1.43. The largest absolute Gasteiger partial charge is 0.365 e. The molecular weight excluding hydrogens is 510 g/mol. The van der Waals surface area contributed by atoms with Gasteiger partial charge in [0, 0.05) is 51.5 Å². The first kappa shape index (κ1) is 29.1. The van der Waals surface area contributed by atoms with E-state index in [0.717, 1.165) is 16.8 Å². The van der Waals surface area contributed by atoms with E-state index >= 15 is 0 Å². The van der Waals surface area contributed by atoms with E-state index in [9.17, 15) is 19.2 Å². The number of likely N-dealkylation sites (N-methyl/N-ethyl adjacent to an activating group) is 1. The van der Waals surface area contributed by atoms with Crippen LogP contribution < -0.4 is 10.2 Å².